The number of hydrogen-bond donors (Lipinski definition) is 1. The van der Waals surface area contributed by atoms with Gasteiger partial charge in [0.1, 0.15) is 6.10 Å². The molecule has 0 radical (unpaired) electrons. The summed E-state index contributed by atoms with van der Waals surface area (Å²) in [6, 6.07) is 5.98. The molecule has 3 nitrogen and oxygen atoms in total. The van der Waals surface area contributed by atoms with Crippen LogP contribution < -0.4 is 5.32 Å². The zero-order chi connectivity index (χ0) is 9.26. The lowest BCUT2D eigenvalue weighted by Gasteiger charge is -2.05. The zero-order valence-corrected chi connectivity index (χ0v) is 7.41. The van der Waals surface area contributed by atoms with Crippen molar-refractivity contribution in [2.45, 2.75) is 13.0 Å². The van der Waals surface area contributed by atoms with Crippen LogP contribution in [0.3, 0.4) is 0 Å². The Balaban J connectivity index is 2.29. The summed E-state index contributed by atoms with van der Waals surface area (Å²) in [5.41, 5.74) is 3.06. The summed E-state index contributed by atoms with van der Waals surface area (Å²) < 4.78 is 5.15. The average Bonchev–Trinajstić information content (AvgIpc) is 2.92. The van der Waals surface area contributed by atoms with Crippen LogP contribution in [-0.4, -0.2) is 13.0 Å². The second-order valence-electron chi connectivity index (χ2n) is 3.16. The van der Waals surface area contributed by atoms with Crippen LogP contribution in [0.5, 0.6) is 0 Å². The second kappa shape index (κ2) is 3.18. The first-order valence-electron chi connectivity index (χ1n) is 4.23. The maximum Gasteiger partial charge on any atom is 0.211 e. The number of benzene rings is 1. The molecule has 1 aliphatic rings. The van der Waals surface area contributed by atoms with Gasteiger partial charge in [0.2, 0.25) is 6.41 Å². The molecule has 1 saturated heterocycles. The fourth-order valence-corrected chi connectivity index (χ4v) is 1.30. The Kier molecular flexibility index (Phi) is 2.02. The number of carbonyl (C=O) groups is 1. The highest BCUT2D eigenvalue weighted by Crippen LogP contribution is 2.31. The molecule has 1 aromatic carbocycles. The van der Waals surface area contributed by atoms with Crippen LogP contribution in [0.4, 0.5) is 5.69 Å². The predicted octanol–water partition coefficient (Wildman–Crippen LogP) is 1.63. The normalized spacial score (nSPS) is 19.6. The molecule has 1 fully saturated rings. The number of nitrogens with one attached hydrogen (secondary N) is 1. The van der Waals surface area contributed by atoms with Crippen LogP contribution in [0, 0.1) is 6.92 Å². The first-order chi connectivity index (χ1) is 6.31. The van der Waals surface area contributed by atoms with Crippen molar-refractivity contribution in [2.75, 3.05) is 11.9 Å². The predicted molar refractivity (Wildman–Crippen MR) is 49.6 cm³/mol. The van der Waals surface area contributed by atoms with Crippen molar-refractivity contribution in [1.82, 2.24) is 0 Å². The summed E-state index contributed by atoms with van der Waals surface area (Å²) in [6.07, 6.45) is 0.938. The lowest BCUT2D eigenvalue weighted by atomic mass is 10.1. The van der Waals surface area contributed by atoms with Gasteiger partial charge in [0, 0.05) is 5.69 Å². The van der Waals surface area contributed by atoms with E-state index >= 15 is 0 Å². The molecule has 0 aliphatic carbocycles. The van der Waals surface area contributed by atoms with Gasteiger partial charge in [-0.25, -0.2) is 0 Å². The first kappa shape index (κ1) is 8.26. The van der Waals surface area contributed by atoms with Gasteiger partial charge in [0.15, 0.2) is 0 Å². The van der Waals surface area contributed by atoms with Crippen molar-refractivity contribution in [3.8, 4) is 0 Å². The summed E-state index contributed by atoms with van der Waals surface area (Å²) in [4.78, 5) is 10.3. The fraction of sp³-hybridized carbons (Fsp3) is 0.300. The van der Waals surface area contributed by atoms with Crippen molar-refractivity contribution in [2.24, 2.45) is 0 Å². The summed E-state index contributed by atoms with van der Waals surface area (Å²) in [7, 11) is 0. The first-order valence-corrected chi connectivity index (χ1v) is 4.23. The molecule has 0 saturated carbocycles. The largest absolute Gasteiger partial charge is 0.368 e. The number of ether oxygens (including phenoxy) is 1. The molecule has 13 heavy (non-hydrogen) atoms. The highest BCUT2D eigenvalue weighted by Gasteiger charge is 2.24. The summed E-state index contributed by atoms with van der Waals surface area (Å²) >= 11 is 0. The third kappa shape index (κ3) is 1.70. The number of carbonyl (C=O) groups excluding carboxylic acids is 1. The molecule has 1 aliphatic heterocycles. The van der Waals surface area contributed by atoms with Crippen molar-refractivity contribution < 1.29 is 9.53 Å². The minimum Gasteiger partial charge on any atom is -0.368 e. The van der Waals surface area contributed by atoms with Gasteiger partial charge >= 0.3 is 0 Å². The third-order valence-electron chi connectivity index (χ3n) is 2.18. The lowest BCUT2D eigenvalue weighted by Crippen LogP contribution is -1.97. The molecular formula is C10H11NO2. The van der Waals surface area contributed by atoms with Crippen LogP contribution in [0.2, 0.25) is 0 Å². The molecule has 1 heterocycles. The fourth-order valence-electron chi connectivity index (χ4n) is 1.30. The molecule has 0 bridgehead atoms. The van der Waals surface area contributed by atoms with Crippen molar-refractivity contribution in [3.05, 3.63) is 29.3 Å². The van der Waals surface area contributed by atoms with E-state index in [1.54, 1.807) is 0 Å². The highest BCUT2D eigenvalue weighted by atomic mass is 16.6. The average molecular weight is 177 g/mol. The van der Waals surface area contributed by atoms with Crippen molar-refractivity contribution >= 4 is 12.1 Å². The molecule has 68 valence electrons. The van der Waals surface area contributed by atoms with E-state index < -0.39 is 0 Å². The van der Waals surface area contributed by atoms with Gasteiger partial charge in [-0.1, -0.05) is 12.1 Å². The van der Waals surface area contributed by atoms with E-state index in [2.05, 4.69) is 5.32 Å². The van der Waals surface area contributed by atoms with E-state index in [1.165, 1.54) is 0 Å². The Bertz CT molecular complexity index is 332. The number of aryl methyl sites for hydroxylation is 1. The minimum atomic E-state index is 0.243. The molecule has 1 amide bonds. The quantitative estimate of drug-likeness (QED) is 0.563. The molecular weight excluding hydrogens is 166 g/mol. The van der Waals surface area contributed by atoms with Gasteiger partial charge in [-0.15, -0.1) is 0 Å². The van der Waals surface area contributed by atoms with Crippen LogP contribution in [0.25, 0.3) is 0 Å². The molecule has 0 spiro atoms. The molecule has 3 heteroatoms. The second-order valence-corrected chi connectivity index (χ2v) is 3.16. The number of anilines is 1. The third-order valence-corrected chi connectivity index (χ3v) is 2.18. The Labute approximate surface area is 76.7 Å². The van der Waals surface area contributed by atoms with E-state index in [0.717, 1.165) is 23.4 Å². The van der Waals surface area contributed by atoms with Crippen LogP contribution >= 0.6 is 0 Å². The topological polar surface area (TPSA) is 41.6 Å². The Morgan fingerprint density at radius 1 is 1.62 bits per heavy atom. The molecule has 0 aromatic heterocycles. The van der Waals surface area contributed by atoms with E-state index in [4.69, 9.17) is 4.74 Å². The van der Waals surface area contributed by atoms with Crippen molar-refractivity contribution in [1.29, 1.82) is 0 Å². The Hall–Kier alpha value is -1.35. The number of amides is 1. The van der Waals surface area contributed by atoms with Crippen LogP contribution in [-0.2, 0) is 9.53 Å². The Morgan fingerprint density at radius 3 is 3.00 bits per heavy atom. The molecule has 1 aromatic rings. The monoisotopic (exact) mass is 177 g/mol. The smallest absolute Gasteiger partial charge is 0.211 e. The summed E-state index contributed by atoms with van der Waals surface area (Å²) in [5.74, 6) is 0. The standard InChI is InChI=1S/C10H11NO2/c1-7-2-3-8(10-5-13-10)4-9(7)11-6-12/h2-4,6,10H,5H2,1H3,(H,11,12). The zero-order valence-electron chi connectivity index (χ0n) is 7.41. The SMILES string of the molecule is Cc1ccc(C2CO2)cc1NC=O. The highest BCUT2D eigenvalue weighted by molar-refractivity contribution is 5.73. The molecule has 1 N–H and O–H groups in total. The molecule has 1 unspecified atom stereocenters. The van der Waals surface area contributed by atoms with Gasteiger partial charge in [0.25, 0.3) is 0 Å². The summed E-state index contributed by atoms with van der Waals surface area (Å²) in [5, 5.41) is 2.66. The van der Waals surface area contributed by atoms with E-state index in [1.807, 2.05) is 25.1 Å². The van der Waals surface area contributed by atoms with E-state index in [-0.39, 0.29) is 6.10 Å². The number of rotatable bonds is 3. The van der Waals surface area contributed by atoms with Gasteiger partial charge < -0.3 is 10.1 Å². The van der Waals surface area contributed by atoms with E-state index in [0.29, 0.717) is 6.41 Å². The lowest BCUT2D eigenvalue weighted by molar-refractivity contribution is -0.105. The van der Waals surface area contributed by atoms with Gasteiger partial charge in [-0.05, 0) is 24.1 Å². The van der Waals surface area contributed by atoms with Crippen LogP contribution in [0.1, 0.15) is 17.2 Å². The number of hydrogen-bond acceptors (Lipinski definition) is 2. The maximum absolute atomic E-state index is 10.3. The minimum absolute atomic E-state index is 0.243. The van der Waals surface area contributed by atoms with Crippen LogP contribution in [0.15, 0.2) is 18.2 Å². The Morgan fingerprint density at radius 2 is 2.38 bits per heavy atom. The maximum atomic E-state index is 10.3. The molecule has 1 atom stereocenters. The van der Waals surface area contributed by atoms with Crippen molar-refractivity contribution in [3.63, 3.8) is 0 Å². The van der Waals surface area contributed by atoms with E-state index in [9.17, 15) is 4.79 Å². The summed E-state index contributed by atoms with van der Waals surface area (Å²) in [6.45, 7) is 2.76. The van der Waals surface area contributed by atoms with Gasteiger partial charge in [-0.3, -0.25) is 4.79 Å². The van der Waals surface area contributed by atoms with Gasteiger partial charge in [-0.2, -0.15) is 0 Å². The number of epoxide rings is 1. The van der Waals surface area contributed by atoms with Gasteiger partial charge in [0.05, 0.1) is 6.61 Å². The molecule has 2 rings (SSSR count).